The Morgan fingerprint density at radius 2 is 1.22 bits per heavy atom. The summed E-state index contributed by atoms with van der Waals surface area (Å²) in [6.45, 7) is 0. The van der Waals surface area contributed by atoms with Crippen LogP contribution in [0.25, 0.3) is 45.4 Å². The van der Waals surface area contributed by atoms with Crippen LogP contribution in [0.3, 0.4) is 0 Å². The molecule has 1 fully saturated rings. The van der Waals surface area contributed by atoms with Crippen molar-refractivity contribution >= 4 is 0 Å². The average Bonchev–Trinajstić information content (AvgIpc) is 3.57. The van der Waals surface area contributed by atoms with E-state index in [1.54, 1.807) is 0 Å². The largest absolute Gasteiger partial charge is 0.304 e. The van der Waals surface area contributed by atoms with Gasteiger partial charge in [-0.3, -0.25) is 0 Å². The Labute approximate surface area is 224 Å². The van der Waals surface area contributed by atoms with E-state index in [1.165, 1.54) is 30.4 Å². The van der Waals surface area contributed by atoms with Crippen LogP contribution in [0.15, 0.2) is 91.1 Å². The molecule has 2 aromatic heterocycles. The molecule has 1 saturated carbocycles. The van der Waals surface area contributed by atoms with Crippen LogP contribution in [0.1, 0.15) is 42.2 Å². The molecule has 0 N–H and O–H groups in total. The predicted octanol–water partition coefficient (Wildman–Crippen LogP) is 7.10. The molecule has 2 atom stereocenters. The summed E-state index contributed by atoms with van der Waals surface area (Å²) in [6.07, 6.45) is 5.83. The van der Waals surface area contributed by atoms with Gasteiger partial charge >= 0.3 is 0 Å². The molecule has 7 rings (SSSR count). The number of pyridine rings is 1. The van der Waals surface area contributed by atoms with E-state index in [1.807, 2.05) is 66.9 Å². The first-order chi connectivity index (χ1) is 17.3. The summed E-state index contributed by atoms with van der Waals surface area (Å²) in [5.41, 5.74) is 7.80. The van der Waals surface area contributed by atoms with E-state index in [9.17, 15) is 0 Å². The van der Waals surface area contributed by atoms with Crippen LogP contribution >= 0.6 is 0 Å². The molecule has 1 radical (unpaired) electrons. The number of benzene rings is 3. The molecular formula is C31H23IrN4-. The van der Waals surface area contributed by atoms with Crippen molar-refractivity contribution in [2.75, 3.05) is 0 Å². The van der Waals surface area contributed by atoms with Crippen molar-refractivity contribution in [3.8, 4) is 45.4 Å². The summed E-state index contributed by atoms with van der Waals surface area (Å²) in [7, 11) is 0. The molecule has 2 bridgehead atoms. The van der Waals surface area contributed by atoms with Gasteiger partial charge in [-0.05, 0) is 30.4 Å². The molecule has 0 amide bonds. The zero-order chi connectivity index (χ0) is 23.2. The molecule has 2 unspecified atom stereocenters. The Bertz CT molecular complexity index is 1460. The van der Waals surface area contributed by atoms with Crippen molar-refractivity contribution < 1.29 is 20.1 Å². The van der Waals surface area contributed by atoms with Gasteiger partial charge in [0.1, 0.15) is 0 Å². The zero-order valence-electron chi connectivity index (χ0n) is 19.6. The van der Waals surface area contributed by atoms with Crippen molar-refractivity contribution in [1.29, 1.82) is 0 Å². The van der Waals surface area contributed by atoms with Gasteiger partial charge in [0.15, 0.2) is 17.5 Å². The fraction of sp³-hybridized carbons (Fsp3) is 0.161. The minimum Gasteiger partial charge on any atom is -0.304 e. The predicted molar refractivity (Wildman–Crippen MR) is 138 cm³/mol. The Morgan fingerprint density at radius 3 is 1.81 bits per heavy atom. The Kier molecular flexibility index (Phi) is 6.04. The van der Waals surface area contributed by atoms with Crippen molar-refractivity contribution in [2.24, 2.45) is 0 Å². The third-order valence-corrected chi connectivity index (χ3v) is 7.33. The molecule has 0 saturated heterocycles. The molecule has 5 aromatic rings. The minimum atomic E-state index is 0. The molecule has 2 aliphatic carbocycles. The van der Waals surface area contributed by atoms with Crippen LogP contribution in [0.5, 0.6) is 0 Å². The molecular weight excluding hydrogens is 621 g/mol. The van der Waals surface area contributed by atoms with Crippen LogP contribution in [-0.2, 0) is 20.1 Å². The van der Waals surface area contributed by atoms with E-state index in [-0.39, 0.29) is 20.1 Å². The summed E-state index contributed by atoms with van der Waals surface area (Å²) < 4.78 is 0. The third-order valence-electron chi connectivity index (χ3n) is 7.33. The van der Waals surface area contributed by atoms with Crippen molar-refractivity contribution in [1.82, 2.24) is 19.9 Å². The Morgan fingerprint density at radius 1 is 0.639 bits per heavy atom. The summed E-state index contributed by atoms with van der Waals surface area (Å²) in [4.78, 5) is 19.2. The molecule has 2 heterocycles. The van der Waals surface area contributed by atoms with Gasteiger partial charge < -0.3 is 4.98 Å². The van der Waals surface area contributed by atoms with Crippen molar-refractivity contribution in [3.05, 3.63) is 108 Å². The molecule has 36 heavy (non-hydrogen) atoms. The van der Waals surface area contributed by atoms with E-state index in [0.717, 1.165) is 39.8 Å². The fourth-order valence-electron chi connectivity index (χ4n) is 5.54. The molecule has 2 aliphatic rings. The number of fused-ring (bicyclic) bond motifs is 5. The smallest absolute Gasteiger partial charge is 0.165 e. The quantitative estimate of drug-likeness (QED) is 0.196. The first kappa shape index (κ1) is 22.9. The van der Waals surface area contributed by atoms with Gasteiger partial charge in [-0.1, -0.05) is 79.2 Å². The van der Waals surface area contributed by atoms with E-state index >= 15 is 0 Å². The van der Waals surface area contributed by atoms with Gasteiger partial charge in [0, 0.05) is 43.0 Å². The topological polar surface area (TPSA) is 51.6 Å². The van der Waals surface area contributed by atoms with Gasteiger partial charge in [-0.2, -0.15) is 0 Å². The SMILES string of the molecule is [Ir].[c-]1cc2c(cc1-c1ccc(-c3nc(-c4ccccc4)nc(-c4ccccc4)n3)cn1)C1CCC2C1. The summed E-state index contributed by atoms with van der Waals surface area (Å²) in [5, 5.41) is 0. The Hall–Kier alpha value is -3.53. The summed E-state index contributed by atoms with van der Waals surface area (Å²) in [6, 6.07) is 32.2. The third kappa shape index (κ3) is 4.09. The van der Waals surface area contributed by atoms with Gasteiger partial charge in [-0.25, -0.2) is 15.0 Å². The van der Waals surface area contributed by atoms with E-state index in [2.05, 4.69) is 30.3 Å². The standard InChI is InChI=1S/C31H23N4.Ir/c1-3-7-20(8-4-1)29-33-30(21-9-5-2-6-10-21)35-31(34-29)25-14-16-28(32-19-25)24-13-15-26-22-11-12-23(17-22)27(26)18-24;/h1-10,14-16,18-19,22-23H,11-12,17H2;/q-1;. The fourth-order valence-corrected chi connectivity index (χ4v) is 5.54. The molecule has 5 heteroatoms. The van der Waals surface area contributed by atoms with Crippen LogP contribution in [0.4, 0.5) is 0 Å². The van der Waals surface area contributed by atoms with Gasteiger partial charge in [0.25, 0.3) is 0 Å². The van der Waals surface area contributed by atoms with Crippen molar-refractivity contribution in [2.45, 2.75) is 31.1 Å². The van der Waals surface area contributed by atoms with Crippen LogP contribution in [0, 0.1) is 6.07 Å². The van der Waals surface area contributed by atoms with Gasteiger partial charge in [0.2, 0.25) is 0 Å². The number of hydrogen-bond donors (Lipinski definition) is 0. The van der Waals surface area contributed by atoms with Crippen molar-refractivity contribution in [3.63, 3.8) is 0 Å². The summed E-state index contributed by atoms with van der Waals surface area (Å²) in [5.74, 6) is 3.39. The normalized spacial score (nSPS) is 17.4. The second-order valence-corrected chi connectivity index (χ2v) is 9.43. The summed E-state index contributed by atoms with van der Waals surface area (Å²) >= 11 is 0. The molecule has 0 spiro atoms. The van der Waals surface area contributed by atoms with E-state index < -0.39 is 0 Å². The minimum absolute atomic E-state index is 0. The second-order valence-electron chi connectivity index (χ2n) is 9.43. The van der Waals surface area contributed by atoms with Gasteiger partial charge in [-0.15, -0.1) is 34.9 Å². The molecule has 0 aliphatic heterocycles. The molecule has 4 nitrogen and oxygen atoms in total. The number of rotatable bonds is 4. The monoisotopic (exact) mass is 644 g/mol. The van der Waals surface area contributed by atoms with Crippen LogP contribution in [-0.4, -0.2) is 19.9 Å². The van der Waals surface area contributed by atoms with E-state index in [0.29, 0.717) is 17.5 Å². The van der Waals surface area contributed by atoms with E-state index in [4.69, 9.17) is 19.9 Å². The average molecular weight is 644 g/mol. The number of aromatic nitrogens is 4. The first-order valence-corrected chi connectivity index (χ1v) is 12.2. The first-order valence-electron chi connectivity index (χ1n) is 12.2. The second kappa shape index (κ2) is 9.50. The Balaban J connectivity index is 0.00000240. The number of hydrogen-bond acceptors (Lipinski definition) is 4. The van der Waals surface area contributed by atoms with Crippen LogP contribution in [0.2, 0.25) is 0 Å². The van der Waals surface area contributed by atoms with Crippen LogP contribution < -0.4 is 0 Å². The maximum Gasteiger partial charge on any atom is 0.165 e. The molecule has 177 valence electrons. The maximum atomic E-state index is 4.80. The van der Waals surface area contributed by atoms with Gasteiger partial charge in [0.05, 0.1) is 0 Å². The molecule has 3 aromatic carbocycles. The maximum absolute atomic E-state index is 4.80. The zero-order valence-corrected chi connectivity index (χ0v) is 22.0. The number of nitrogens with zero attached hydrogens (tertiary/aromatic N) is 4.